The Morgan fingerprint density at radius 2 is 1.88 bits per heavy atom. The zero-order chi connectivity index (χ0) is 13.0. The molecule has 1 aromatic carbocycles. The van der Waals surface area contributed by atoms with E-state index >= 15 is 0 Å². The number of hydrogen-bond acceptors (Lipinski definition) is 3. The monoisotopic (exact) mass is 235 g/mol. The molecule has 0 spiro atoms. The first-order valence-corrected chi connectivity index (χ1v) is 5.30. The molecule has 0 aliphatic rings. The molecular weight excluding hydrogens is 218 g/mol. The van der Waals surface area contributed by atoms with Gasteiger partial charge in [0.15, 0.2) is 0 Å². The van der Waals surface area contributed by atoms with Crippen molar-refractivity contribution in [1.82, 2.24) is 4.90 Å². The van der Waals surface area contributed by atoms with Gasteiger partial charge in [-0.3, -0.25) is 9.59 Å². The first-order valence-electron chi connectivity index (χ1n) is 5.30. The van der Waals surface area contributed by atoms with Crippen molar-refractivity contribution in [3.8, 4) is 0 Å². The van der Waals surface area contributed by atoms with Crippen molar-refractivity contribution in [2.75, 3.05) is 19.4 Å². The molecule has 17 heavy (non-hydrogen) atoms. The van der Waals surface area contributed by atoms with Crippen molar-refractivity contribution in [2.45, 2.75) is 13.0 Å². The molecule has 0 aliphatic carbocycles. The van der Waals surface area contributed by atoms with Gasteiger partial charge in [0.05, 0.1) is 17.3 Å². The van der Waals surface area contributed by atoms with Crippen LogP contribution in [0.5, 0.6) is 0 Å². The first kappa shape index (κ1) is 13.2. The predicted molar refractivity (Wildman–Crippen MR) is 66.7 cm³/mol. The van der Waals surface area contributed by atoms with E-state index in [1.165, 1.54) is 4.90 Å². The summed E-state index contributed by atoms with van der Waals surface area (Å²) >= 11 is 0. The Hall–Kier alpha value is -1.88. The summed E-state index contributed by atoms with van der Waals surface area (Å²) in [5.74, 6) is -0.477. The summed E-state index contributed by atoms with van der Waals surface area (Å²) in [6.07, 6.45) is 0. The SMILES string of the molecule is CC(N)C(=O)Nc1ccccc1C(=O)N(C)C. The molecule has 0 radical (unpaired) electrons. The number of nitrogens with one attached hydrogen (secondary N) is 1. The van der Waals surface area contributed by atoms with E-state index < -0.39 is 6.04 Å². The molecule has 92 valence electrons. The Morgan fingerprint density at radius 3 is 2.41 bits per heavy atom. The van der Waals surface area contributed by atoms with E-state index in [0.717, 1.165) is 0 Å². The van der Waals surface area contributed by atoms with E-state index in [2.05, 4.69) is 5.32 Å². The third kappa shape index (κ3) is 3.29. The molecule has 5 heteroatoms. The fraction of sp³-hybridized carbons (Fsp3) is 0.333. The predicted octanol–water partition coefficient (Wildman–Crippen LogP) is 0.674. The summed E-state index contributed by atoms with van der Waals surface area (Å²) < 4.78 is 0. The van der Waals surface area contributed by atoms with Crippen LogP contribution >= 0.6 is 0 Å². The number of nitrogens with zero attached hydrogens (tertiary/aromatic N) is 1. The highest BCUT2D eigenvalue weighted by Gasteiger charge is 2.15. The van der Waals surface area contributed by atoms with Gasteiger partial charge in [-0.2, -0.15) is 0 Å². The first-order chi connectivity index (χ1) is 7.93. The minimum Gasteiger partial charge on any atom is -0.345 e. The van der Waals surface area contributed by atoms with Crippen LogP contribution in [-0.4, -0.2) is 36.9 Å². The standard InChI is InChI=1S/C12H17N3O2/c1-8(13)11(16)14-10-7-5-4-6-9(10)12(17)15(2)3/h4-8H,13H2,1-3H3,(H,14,16). The smallest absolute Gasteiger partial charge is 0.255 e. The Balaban J connectivity index is 3.00. The molecule has 2 amide bonds. The van der Waals surface area contributed by atoms with Crippen LogP contribution in [0.25, 0.3) is 0 Å². The lowest BCUT2D eigenvalue weighted by Gasteiger charge is -2.15. The van der Waals surface area contributed by atoms with Crippen molar-refractivity contribution in [1.29, 1.82) is 0 Å². The molecule has 1 atom stereocenters. The number of carbonyl (C=O) groups excluding carboxylic acids is 2. The Bertz CT molecular complexity index is 428. The van der Waals surface area contributed by atoms with Gasteiger partial charge in [-0.25, -0.2) is 0 Å². The van der Waals surface area contributed by atoms with Crippen LogP contribution in [0.3, 0.4) is 0 Å². The molecule has 0 aliphatic heterocycles. The lowest BCUT2D eigenvalue weighted by molar-refractivity contribution is -0.117. The maximum absolute atomic E-state index is 11.9. The minimum atomic E-state index is -0.613. The maximum Gasteiger partial charge on any atom is 0.255 e. The van der Waals surface area contributed by atoms with Gasteiger partial charge in [0, 0.05) is 14.1 Å². The fourth-order valence-corrected chi connectivity index (χ4v) is 1.27. The number of amides is 2. The molecule has 0 saturated heterocycles. The van der Waals surface area contributed by atoms with E-state index in [-0.39, 0.29) is 11.8 Å². The summed E-state index contributed by atoms with van der Waals surface area (Å²) in [7, 11) is 3.32. The van der Waals surface area contributed by atoms with Crippen LogP contribution in [0.15, 0.2) is 24.3 Å². The molecule has 0 fully saturated rings. The Morgan fingerprint density at radius 1 is 1.29 bits per heavy atom. The number of nitrogens with two attached hydrogens (primary N) is 1. The number of carbonyl (C=O) groups is 2. The molecule has 3 N–H and O–H groups in total. The molecule has 5 nitrogen and oxygen atoms in total. The zero-order valence-corrected chi connectivity index (χ0v) is 10.2. The normalized spacial score (nSPS) is 11.8. The zero-order valence-electron chi connectivity index (χ0n) is 10.2. The van der Waals surface area contributed by atoms with Crippen molar-refractivity contribution in [3.05, 3.63) is 29.8 Å². The van der Waals surface area contributed by atoms with Gasteiger partial charge in [0.2, 0.25) is 5.91 Å². The Kier molecular flexibility index (Phi) is 4.23. The minimum absolute atomic E-state index is 0.162. The Labute approximate surface area is 101 Å². The van der Waals surface area contributed by atoms with Gasteiger partial charge in [-0.1, -0.05) is 12.1 Å². The largest absolute Gasteiger partial charge is 0.345 e. The van der Waals surface area contributed by atoms with E-state index in [1.54, 1.807) is 45.3 Å². The highest BCUT2D eigenvalue weighted by atomic mass is 16.2. The number of para-hydroxylation sites is 1. The van der Waals surface area contributed by atoms with Gasteiger partial charge in [-0.15, -0.1) is 0 Å². The van der Waals surface area contributed by atoms with Crippen LogP contribution in [0.4, 0.5) is 5.69 Å². The second kappa shape index (κ2) is 5.45. The fourth-order valence-electron chi connectivity index (χ4n) is 1.27. The summed E-state index contributed by atoms with van der Waals surface area (Å²) in [4.78, 5) is 24.8. The molecular formula is C12H17N3O2. The quantitative estimate of drug-likeness (QED) is 0.808. The number of benzene rings is 1. The second-order valence-electron chi connectivity index (χ2n) is 4.02. The van der Waals surface area contributed by atoms with Crippen LogP contribution in [0.2, 0.25) is 0 Å². The van der Waals surface area contributed by atoms with Crippen LogP contribution < -0.4 is 11.1 Å². The molecule has 0 saturated carbocycles. The third-order valence-electron chi connectivity index (χ3n) is 2.24. The molecule has 1 aromatic rings. The van der Waals surface area contributed by atoms with Crippen molar-refractivity contribution in [3.63, 3.8) is 0 Å². The lowest BCUT2D eigenvalue weighted by Crippen LogP contribution is -2.33. The summed E-state index contributed by atoms with van der Waals surface area (Å²) in [5, 5.41) is 2.63. The van der Waals surface area contributed by atoms with Gasteiger partial charge in [0.1, 0.15) is 0 Å². The molecule has 0 heterocycles. The van der Waals surface area contributed by atoms with Gasteiger partial charge < -0.3 is 16.0 Å². The highest BCUT2D eigenvalue weighted by Crippen LogP contribution is 2.16. The van der Waals surface area contributed by atoms with Crippen molar-refractivity contribution < 1.29 is 9.59 Å². The lowest BCUT2D eigenvalue weighted by atomic mass is 10.1. The summed E-state index contributed by atoms with van der Waals surface area (Å²) in [6, 6.07) is 6.23. The molecule has 0 bridgehead atoms. The van der Waals surface area contributed by atoms with Crippen LogP contribution in [0, 0.1) is 0 Å². The van der Waals surface area contributed by atoms with Crippen LogP contribution in [-0.2, 0) is 4.79 Å². The van der Waals surface area contributed by atoms with Crippen molar-refractivity contribution in [2.24, 2.45) is 5.73 Å². The number of rotatable bonds is 3. The molecule has 1 rings (SSSR count). The molecule has 1 unspecified atom stereocenters. The summed E-state index contributed by atoms with van der Waals surface area (Å²) in [5.41, 5.74) is 6.39. The van der Waals surface area contributed by atoms with E-state index in [1.807, 2.05) is 0 Å². The summed E-state index contributed by atoms with van der Waals surface area (Å²) in [6.45, 7) is 1.59. The third-order valence-corrected chi connectivity index (χ3v) is 2.24. The highest BCUT2D eigenvalue weighted by molar-refractivity contribution is 6.04. The number of hydrogen-bond donors (Lipinski definition) is 2. The van der Waals surface area contributed by atoms with E-state index in [0.29, 0.717) is 11.3 Å². The van der Waals surface area contributed by atoms with E-state index in [4.69, 9.17) is 5.73 Å². The van der Waals surface area contributed by atoms with Crippen molar-refractivity contribution >= 4 is 17.5 Å². The van der Waals surface area contributed by atoms with E-state index in [9.17, 15) is 9.59 Å². The van der Waals surface area contributed by atoms with Gasteiger partial charge >= 0.3 is 0 Å². The van der Waals surface area contributed by atoms with Gasteiger partial charge in [-0.05, 0) is 19.1 Å². The average Bonchev–Trinajstić information content (AvgIpc) is 2.28. The average molecular weight is 235 g/mol. The number of anilines is 1. The molecule has 0 aromatic heterocycles. The maximum atomic E-state index is 11.9. The topological polar surface area (TPSA) is 75.4 Å². The van der Waals surface area contributed by atoms with Gasteiger partial charge in [0.25, 0.3) is 5.91 Å². The second-order valence-corrected chi connectivity index (χ2v) is 4.02. The van der Waals surface area contributed by atoms with Crippen LogP contribution in [0.1, 0.15) is 17.3 Å².